The van der Waals surface area contributed by atoms with Crippen LogP contribution in [0.5, 0.6) is 0 Å². The average Bonchev–Trinajstić information content (AvgIpc) is 1.97. The molecule has 0 spiro atoms. The van der Waals surface area contributed by atoms with Crippen molar-refractivity contribution in [3.8, 4) is 0 Å². The van der Waals surface area contributed by atoms with E-state index in [4.69, 9.17) is 10.5 Å². The fourth-order valence-corrected chi connectivity index (χ4v) is 1.83. The van der Waals surface area contributed by atoms with Crippen LogP contribution in [0, 0.1) is 0 Å². The first-order chi connectivity index (χ1) is 7.24. The summed E-state index contributed by atoms with van der Waals surface area (Å²) in [6, 6.07) is 0.0276. The van der Waals surface area contributed by atoms with Crippen LogP contribution < -0.4 is 11.1 Å². The number of nitrogens with one attached hydrogen (secondary N) is 1. The van der Waals surface area contributed by atoms with Gasteiger partial charge in [-0.05, 0) is 33.6 Å². The molecule has 0 saturated heterocycles. The zero-order valence-corrected chi connectivity index (χ0v) is 10.1. The van der Waals surface area contributed by atoms with Gasteiger partial charge in [-0.1, -0.05) is 0 Å². The van der Waals surface area contributed by atoms with Gasteiger partial charge in [0.05, 0.1) is 0 Å². The van der Waals surface area contributed by atoms with Crippen LogP contribution in [0.25, 0.3) is 0 Å². The monoisotopic (exact) mass is 228 g/mol. The van der Waals surface area contributed by atoms with Crippen molar-refractivity contribution in [3.05, 3.63) is 0 Å². The van der Waals surface area contributed by atoms with Gasteiger partial charge in [0.1, 0.15) is 11.9 Å². The molecular weight excluding hydrogens is 208 g/mol. The Morgan fingerprint density at radius 2 is 2.12 bits per heavy atom. The van der Waals surface area contributed by atoms with Crippen molar-refractivity contribution in [2.45, 2.75) is 57.2 Å². The third kappa shape index (κ3) is 3.81. The van der Waals surface area contributed by atoms with Gasteiger partial charge < -0.3 is 20.6 Å². The van der Waals surface area contributed by atoms with E-state index in [1.165, 1.54) is 0 Å². The van der Waals surface area contributed by atoms with E-state index in [2.05, 4.69) is 5.32 Å². The summed E-state index contributed by atoms with van der Waals surface area (Å²) in [5, 5.41) is 2.73. The van der Waals surface area contributed by atoms with E-state index >= 15 is 0 Å². The lowest BCUT2D eigenvalue weighted by molar-refractivity contribution is -0.109. The molecule has 0 bridgehead atoms. The molecule has 1 aliphatic carbocycles. The summed E-state index contributed by atoms with van der Waals surface area (Å²) in [5.41, 5.74) is 4.96. The largest absolute Gasteiger partial charge is 0.444 e. The normalized spacial score (nSPS) is 29.1. The van der Waals surface area contributed by atoms with Crippen LogP contribution in [0.2, 0.25) is 0 Å². The second-order valence-corrected chi connectivity index (χ2v) is 5.48. The molecule has 0 aromatic rings. The van der Waals surface area contributed by atoms with E-state index in [1.54, 1.807) is 0 Å². The second-order valence-electron chi connectivity index (χ2n) is 5.48. The lowest BCUT2D eigenvalue weighted by Gasteiger charge is -2.44. The molecule has 92 valence electrons. The maximum atomic E-state index is 11.4. The molecule has 0 radical (unpaired) electrons. The summed E-state index contributed by atoms with van der Waals surface area (Å²) in [4.78, 5) is 21.7. The lowest BCUT2D eigenvalue weighted by Crippen LogP contribution is -2.60. The van der Waals surface area contributed by atoms with Crippen molar-refractivity contribution < 1.29 is 14.3 Å². The minimum absolute atomic E-state index is 0.0276. The van der Waals surface area contributed by atoms with Gasteiger partial charge in [-0.15, -0.1) is 0 Å². The standard InChI is InChI=1S/C11H20N2O3/c1-10(2,3)16-9(15)13-8-6-11(12,7-8)4-5-14/h5,8H,4,6-7,12H2,1-3H3,(H,13,15). The Bertz CT molecular complexity index is 277. The predicted octanol–water partition coefficient (Wildman–Crippen LogP) is 0.960. The second kappa shape index (κ2) is 4.41. The van der Waals surface area contributed by atoms with Gasteiger partial charge >= 0.3 is 6.09 Å². The SMILES string of the molecule is CC(C)(C)OC(=O)NC1CC(N)(CC=O)C1. The molecule has 1 saturated carbocycles. The molecular formula is C11H20N2O3. The molecule has 1 amide bonds. The average molecular weight is 228 g/mol. The van der Waals surface area contributed by atoms with Crippen LogP contribution in [-0.2, 0) is 9.53 Å². The highest BCUT2D eigenvalue weighted by Gasteiger charge is 2.41. The van der Waals surface area contributed by atoms with Crippen LogP contribution in [0.1, 0.15) is 40.0 Å². The molecule has 5 heteroatoms. The fourth-order valence-electron chi connectivity index (χ4n) is 1.83. The number of hydrogen-bond acceptors (Lipinski definition) is 4. The minimum Gasteiger partial charge on any atom is -0.444 e. The molecule has 0 aliphatic heterocycles. The van der Waals surface area contributed by atoms with E-state index in [1.807, 2.05) is 20.8 Å². The minimum atomic E-state index is -0.490. The van der Waals surface area contributed by atoms with E-state index in [0.717, 1.165) is 6.29 Å². The van der Waals surface area contributed by atoms with Crippen LogP contribution in [0.15, 0.2) is 0 Å². The Morgan fingerprint density at radius 3 is 2.56 bits per heavy atom. The summed E-state index contributed by atoms with van der Waals surface area (Å²) in [5.74, 6) is 0. The molecule has 0 aromatic carbocycles. The molecule has 1 rings (SSSR count). The summed E-state index contributed by atoms with van der Waals surface area (Å²) < 4.78 is 5.11. The Labute approximate surface area is 95.7 Å². The quantitative estimate of drug-likeness (QED) is 0.705. The maximum Gasteiger partial charge on any atom is 0.407 e. The molecule has 0 aromatic heterocycles. The van der Waals surface area contributed by atoms with Crippen molar-refractivity contribution >= 4 is 12.4 Å². The van der Waals surface area contributed by atoms with E-state index in [0.29, 0.717) is 19.3 Å². The van der Waals surface area contributed by atoms with Gasteiger partial charge in [0.2, 0.25) is 0 Å². The molecule has 0 atom stereocenters. The first-order valence-corrected chi connectivity index (χ1v) is 5.46. The molecule has 0 heterocycles. The fraction of sp³-hybridized carbons (Fsp3) is 0.818. The van der Waals surface area contributed by atoms with Crippen LogP contribution in [0.4, 0.5) is 4.79 Å². The Kier molecular flexibility index (Phi) is 3.57. The highest BCUT2D eigenvalue weighted by atomic mass is 16.6. The number of rotatable bonds is 3. The smallest absolute Gasteiger partial charge is 0.407 e. The van der Waals surface area contributed by atoms with Crippen molar-refractivity contribution in [3.63, 3.8) is 0 Å². The van der Waals surface area contributed by atoms with Gasteiger partial charge in [-0.25, -0.2) is 4.79 Å². The molecule has 1 aliphatic rings. The van der Waals surface area contributed by atoms with Crippen molar-refractivity contribution in [2.75, 3.05) is 0 Å². The Hall–Kier alpha value is -1.10. The zero-order valence-electron chi connectivity index (χ0n) is 10.1. The van der Waals surface area contributed by atoms with E-state index in [-0.39, 0.29) is 6.04 Å². The lowest BCUT2D eigenvalue weighted by atomic mass is 9.72. The third-order valence-electron chi connectivity index (χ3n) is 2.52. The summed E-state index contributed by atoms with van der Waals surface area (Å²) >= 11 is 0. The molecule has 16 heavy (non-hydrogen) atoms. The third-order valence-corrected chi connectivity index (χ3v) is 2.52. The Morgan fingerprint density at radius 1 is 1.56 bits per heavy atom. The van der Waals surface area contributed by atoms with Crippen molar-refractivity contribution in [1.29, 1.82) is 0 Å². The summed E-state index contributed by atoms with van der Waals surface area (Å²) in [6.45, 7) is 5.44. The summed E-state index contributed by atoms with van der Waals surface area (Å²) in [7, 11) is 0. The van der Waals surface area contributed by atoms with Crippen molar-refractivity contribution in [2.24, 2.45) is 5.73 Å². The number of hydrogen-bond donors (Lipinski definition) is 2. The first kappa shape index (κ1) is 13.0. The number of alkyl carbamates (subject to hydrolysis) is 1. The number of nitrogens with two attached hydrogens (primary N) is 1. The predicted molar refractivity (Wildman–Crippen MR) is 60.0 cm³/mol. The van der Waals surface area contributed by atoms with Crippen LogP contribution >= 0.6 is 0 Å². The molecule has 0 unspecified atom stereocenters. The van der Waals surface area contributed by atoms with Gasteiger partial charge in [0.15, 0.2) is 0 Å². The van der Waals surface area contributed by atoms with Crippen LogP contribution in [-0.4, -0.2) is 29.6 Å². The number of ether oxygens (including phenoxy) is 1. The highest BCUT2D eigenvalue weighted by Crippen LogP contribution is 2.32. The van der Waals surface area contributed by atoms with Gasteiger partial charge in [0.25, 0.3) is 0 Å². The van der Waals surface area contributed by atoms with Gasteiger partial charge in [-0.2, -0.15) is 0 Å². The van der Waals surface area contributed by atoms with E-state index < -0.39 is 17.2 Å². The summed E-state index contributed by atoms with van der Waals surface area (Å²) in [6.07, 6.45) is 2.00. The number of aldehydes is 1. The van der Waals surface area contributed by atoms with Gasteiger partial charge in [-0.3, -0.25) is 0 Å². The topological polar surface area (TPSA) is 81.4 Å². The van der Waals surface area contributed by atoms with Gasteiger partial charge in [0, 0.05) is 18.0 Å². The highest BCUT2D eigenvalue weighted by molar-refractivity contribution is 5.68. The van der Waals surface area contributed by atoms with Crippen molar-refractivity contribution in [1.82, 2.24) is 5.32 Å². The molecule has 1 fully saturated rings. The van der Waals surface area contributed by atoms with E-state index in [9.17, 15) is 9.59 Å². The molecule has 3 N–H and O–H groups in total. The first-order valence-electron chi connectivity index (χ1n) is 5.46. The number of amides is 1. The zero-order chi connectivity index (χ0) is 12.4. The number of carbonyl (C=O) groups excluding carboxylic acids is 2. The Balaban J connectivity index is 2.27. The molecule has 5 nitrogen and oxygen atoms in total. The van der Waals surface area contributed by atoms with Crippen LogP contribution in [0.3, 0.4) is 0 Å². The number of carbonyl (C=O) groups is 2. The maximum absolute atomic E-state index is 11.4.